The van der Waals surface area contributed by atoms with Crippen molar-refractivity contribution in [1.29, 1.82) is 0 Å². The van der Waals surface area contributed by atoms with E-state index in [1.54, 1.807) is 67.4 Å². The van der Waals surface area contributed by atoms with E-state index in [1.807, 2.05) is 5.38 Å². The zero-order valence-electron chi connectivity index (χ0n) is 22.2. The van der Waals surface area contributed by atoms with Crippen LogP contribution in [0.1, 0.15) is 37.4 Å². The quantitative estimate of drug-likeness (QED) is 0.144. The molecular formula is C28H27BrFN5O4S2. The number of aromatic nitrogens is 1. The highest BCUT2D eigenvalue weighted by Crippen LogP contribution is 2.40. The van der Waals surface area contributed by atoms with Crippen molar-refractivity contribution < 1.29 is 17.7 Å². The number of non-ortho nitro benzene ring substituents is 1. The lowest BCUT2D eigenvalue weighted by atomic mass is 9.98. The lowest BCUT2D eigenvalue weighted by Gasteiger charge is -2.21. The Bertz CT molecular complexity index is 1670. The minimum Gasteiger partial charge on any atom is -0.258 e. The number of halogens is 2. The molecule has 0 radical (unpaired) electrons. The highest BCUT2D eigenvalue weighted by molar-refractivity contribution is 8.93. The number of hydrogen-bond acceptors (Lipinski definition) is 8. The highest BCUT2D eigenvalue weighted by atomic mass is 79.9. The summed E-state index contributed by atoms with van der Waals surface area (Å²) in [5, 5.41) is 20.3. The summed E-state index contributed by atoms with van der Waals surface area (Å²) in [5.41, 5.74) is 3.49. The minimum atomic E-state index is -3.57. The van der Waals surface area contributed by atoms with E-state index in [2.05, 4.69) is 0 Å². The second-order valence-corrected chi connectivity index (χ2v) is 11.9. The second-order valence-electron chi connectivity index (χ2n) is 9.10. The topological polar surface area (TPSA) is 109 Å². The Kier molecular flexibility index (Phi) is 9.32. The van der Waals surface area contributed by atoms with Gasteiger partial charge >= 0.3 is 0 Å². The van der Waals surface area contributed by atoms with E-state index >= 15 is 0 Å². The lowest BCUT2D eigenvalue weighted by molar-refractivity contribution is -0.384. The smallest absolute Gasteiger partial charge is 0.258 e. The van der Waals surface area contributed by atoms with E-state index in [4.69, 9.17) is 10.1 Å². The van der Waals surface area contributed by atoms with Crippen LogP contribution in [0, 0.1) is 15.9 Å². The zero-order chi connectivity index (χ0) is 28.4. The van der Waals surface area contributed by atoms with Gasteiger partial charge in [0.1, 0.15) is 5.82 Å². The van der Waals surface area contributed by atoms with Crippen LogP contribution in [-0.4, -0.2) is 41.4 Å². The molecule has 1 aromatic heterocycles. The van der Waals surface area contributed by atoms with E-state index in [-0.39, 0.29) is 39.4 Å². The van der Waals surface area contributed by atoms with Crippen molar-refractivity contribution in [1.82, 2.24) is 9.29 Å². The van der Waals surface area contributed by atoms with Crippen molar-refractivity contribution in [2.75, 3.05) is 18.1 Å². The molecule has 214 valence electrons. The Balaban J connectivity index is 0.00000387. The number of thiazole rings is 1. The Hall–Kier alpha value is -3.52. The highest BCUT2D eigenvalue weighted by Gasteiger charge is 2.32. The van der Waals surface area contributed by atoms with Gasteiger partial charge in [-0.3, -0.25) is 10.1 Å². The standard InChI is InChI=1S/C28H26FN5O4S2.BrH/c1-3-32(4-2)40(37,38)24-14-10-19(11-15-24)26-18-39-28(30-26)33-27(20-8-12-22(29)13-9-20)17-25(31-33)21-6-5-7-23(16-21)34(35)36;/h5-16,18,27H,3-4,17H2,1-2H3;1H. The van der Waals surface area contributed by atoms with Crippen molar-refractivity contribution in [3.63, 3.8) is 0 Å². The molecule has 0 aliphatic carbocycles. The summed E-state index contributed by atoms with van der Waals surface area (Å²) in [4.78, 5) is 15.9. The molecule has 4 aromatic rings. The Morgan fingerprint density at radius 3 is 2.37 bits per heavy atom. The molecule has 1 aliphatic rings. The van der Waals surface area contributed by atoms with Crippen LogP contribution in [0.3, 0.4) is 0 Å². The maximum Gasteiger partial charge on any atom is 0.270 e. The minimum absolute atomic E-state index is 0. The summed E-state index contributed by atoms with van der Waals surface area (Å²) < 4.78 is 40.8. The maximum atomic E-state index is 13.7. The van der Waals surface area contributed by atoms with Gasteiger partial charge in [-0.15, -0.1) is 28.3 Å². The van der Waals surface area contributed by atoms with E-state index in [0.717, 1.165) is 11.1 Å². The predicted octanol–water partition coefficient (Wildman–Crippen LogP) is 6.82. The summed E-state index contributed by atoms with van der Waals surface area (Å²) in [6, 6.07) is 18.8. The van der Waals surface area contributed by atoms with Gasteiger partial charge in [-0.05, 0) is 29.8 Å². The average Bonchev–Trinajstić information content (AvgIpc) is 3.62. The van der Waals surface area contributed by atoms with Crippen molar-refractivity contribution in [3.05, 3.63) is 105 Å². The van der Waals surface area contributed by atoms with Crippen molar-refractivity contribution in [2.45, 2.75) is 31.2 Å². The normalized spacial score (nSPS) is 15.1. The summed E-state index contributed by atoms with van der Waals surface area (Å²) in [7, 11) is -3.57. The molecule has 41 heavy (non-hydrogen) atoms. The third-order valence-electron chi connectivity index (χ3n) is 6.74. The third kappa shape index (κ3) is 6.22. The molecule has 1 unspecified atom stereocenters. The number of rotatable bonds is 9. The summed E-state index contributed by atoms with van der Waals surface area (Å²) in [6.45, 7) is 4.38. The lowest BCUT2D eigenvalue weighted by Crippen LogP contribution is -2.30. The number of nitro groups is 1. The van der Waals surface area contributed by atoms with Crippen molar-refractivity contribution in [2.24, 2.45) is 5.10 Å². The average molecular weight is 661 g/mol. The fourth-order valence-corrected chi connectivity index (χ4v) is 6.91. The molecule has 0 saturated heterocycles. The number of hydrazone groups is 1. The first-order valence-electron chi connectivity index (χ1n) is 12.6. The van der Waals surface area contributed by atoms with E-state index in [0.29, 0.717) is 41.6 Å². The first kappa shape index (κ1) is 30.4. The number of nitro benzene ring substituents is 1. The number of benzene rings is 3. The monoisotopic (exact) mass is 659 g/mol. The predicted molar refractivity (Wildman–Crippen MR) is 164 cm³/mol. The van der Waals surface area contributed by atoms with Gasteiger partial charge in [0.05, 0.1) is 27.3 Å². The molecule has 13 heteroatoms. The largest absolute Gasteiger partial charge is 0.270 e. The Morgan fingerprint density at radius 1 is 1.05 bits per heavy atom. The van der Waals surface area contributed by atoms with Crippen LogP contribution >= 0.6 is 28.3 Å². The van der Waals surface area contributed by atoms with Gasteiger partial charge in [0.15, 0.2) is 0 Å². The zero-order valence-corrected chi connectivity index (χ0v) is 25.5. The van der Waals surface area contributed by atoms with Crippen LogP contribution in [0.25, 0.3) is 11.3 Å². The first-order chi connectivity index (χ1) is 19.2. The van der Waals surface area contributed by atoms with Gasteiger partial charge in [-0.1, -0.05) is 50.2 Å². The van der Waals surface area contributed by atoms with Gasteiger partial charge in [0.2, 0.25) is 15.2 Å². The van der Waals surface area contributed by atoms with Crippen LogP contribution in [0.5, 0.6) is 0 Å². The van der Waals surface area contributed by atoms with E-state index in [1.165, 1.54) is 39.9 Å². The third-order valence-corrected chi connectivity index (χ3v) is 9.63. The summed E-state index contributed by atoms with van der Waals surface area (Å²) in [5.74, 6) is -0.351. The second kappa shape index (κ2) is 12.6. The molecule has 5 rings (SSSR count). The van der Waals surface area contributed by atoms with Gasteiger partial charge in [0, 0.05) is 48.2 Å². The van der Waals surface area contributed by atoms with Crippen LogP contribution in [0.4, 0.5) is 15.2 Å². The molecule has 0 N–H and O–H groups in total. The van der Waals surface area contributed by atoms with E-state index in [9.17, 15) is 22.9 Å². The van der Waals surface area contributed by atoms with Gasteiger partial charge in [-0.2, -0.15) is 9.41 Å². The molecule has 1 aliphatic heterocycles. The first-order valence-corrected chi connectivity index (χ1v) is 15.0. The van der Waals surface area contributed by atoms with Gasteiger partial charge in [0.25, 0.3) is 5.69 Å². The molecule has 1 atom stereocenters. The Labute approximate surface area is 251 Å². The summed E-state index contributed by atoms with van der Waals surface area (Å²) >= 11 is 1.37. The van der Waals surface area contributed by atoms with Gasteiger partial charge < -0.3 is 0 Å². The van der Waals surface area contributed by atoms with Crippen LogP contribution in [0.2, 0.25) is 0 Å². The van der Waals surface area contributed by atoms with Crippen LogP contribution in [0.15, 0.2) is 88.2 Å². The molecule has 3 aromatic carbocycles. The van der Waals surface area contributed by atoms with Crippen LogP contribution in [-0.2, 0) is 10.0 Å². The molecule has 0 bridgehead atoms. The number of anilines is 1. The van der Waals surface area contributed by atoms with Crippen molar-refractivity contribution in [3.8, 4) is 11.3 Å². The molecule has 0 amide bonds. The fourth-order valence-electron chi connectivity index (χ4n) is 4.62. The molecule has 0 saturated carbocycles. The molecule has 9 nitrogen and oxygen atoms in total. The van der Waals surface area contributed by atoms with Gasteiger partial charge in [-0.25, -0.2) is 22.8 Å². The maximum absolute atomic E-state index is 13.7. The SMILES string of the molecule is Br.CCN(CC)S(=O)(=O)c1ccc(-c2csc(N3N=C(c4cccc([N+](=O)[O-])c4)CC3c3ccc(F)cc3)n2)cc1. The molecule has 0 spiro atoms. The summed E-state index contributed by atoms with van der Waals surface area (Å²) in [6.07, 6.45) is 0.444. The number of hydrogen-bond donors (Lipinski definition) is 0. The van der Waals surface area contributed by atoms with Crippen LogP contribution < -0.4 is 5.01 Å². The van der Waals surface area contributed by atoms with E-state index < -0.39 is 14.9 Å². The Morgan fingerprint density at radius 2 is 1.73 bits per heavy atom. The molecule has 0 fully saturated rings. The number of nitrogens with zero attached hydrogens (tertiary/aromatic N) is 5. The number of sulfonamides is 1. The molecule has 2 heterocycles. The fraction of sp³-hybridized carbons (Fsp3) is 0.214. The van der Waals surface area contributed by atoms with Crippen molar-refractivity contribution >= 4 is 54.9 Å². The molecular weight excluding hydrogens is 633 g/mol.